The zero-order valence-electron chi connectivity index (χ0n) is 11.9. The average molecular weight is 274 g/mol. The van der Waals surface area contributed by atoms with E-state index < -0.39 is 0 Å². The molecule has 1 aromatic rings. The molecule has 0 unspecified atom stereocenters. The number of urea groups is 1. The lowest BCUT2D eigenvalue weighted by molar-refractivity contribution is 0.255. The molecule has 2 amide bonds. The van der Waals surface area contributed by atoms with Gasteiger partial charge in [0, 0.05) is 11.9 Å². The van der Waals surface area contributed by atoms with E-state index in [9.17, 15) is 9.90 Å². The molecule has 20 heavy (non-hydrogen) atoms. The normalized spacial score (nSPS) is 16.2. The number of carbonyl (C=O) groups excluding carboxylic acids is 1. The third kappa shape index (κ3) is 4.30. The number of aromatic hydroxyl groups is 1. The van der Waals surface area contributed by atoms with Gasteiger partial charge in [-0.2, -0.15) is 0 Å². The van der Waals surface area contributed by atoms with Crippen LogP contribution in [0, 0.1) is 12.8 Å². The maximum Gasteiger partial charge on any atom is 0.323 e. The van der Waals surface area contributed by atoms with Gasteiger partial charge in [0.2, 0.25) is 0 Å². The van der Waals surface area contributed by atoms with Gasteiger partial charge in [0.05, 0.1) is 0 Å². The topological polar surface area (TPSA) is 61.4 Å². The molecule has 0 spiro atoms. The summed E-state index contributed by atoms with van der Waals surface area (Å²) in [4.78, 5) is 11.8. The zero-order valence-corrected chi connectivity index (χ0v) is 11.9. The summed E-state index contributed by atoms with van der Waals surface area (Å²) in [7, 11) is 0. The van der Waals surface area contributed by atoms with Crippen molar-refractivity contribution in [2.45, 2.75) is 39.0 Å². The van der Waals surface area contributed by atoms with E-state index in [-0.39, 0.29) is 11.8 Å². The summed E-state index contributed by atoms with van der Waals surface area (Å²) >= 11 is 0. The standard InChI is InChI=1S/C16H22N2O2/c1-12-11-14(19)7-8-15(12)18-16(20)17-10-9-13-5-3-2-4-6-13/h7-11,13,19H,2-6H2,1H3,(H2,17,18,20)/b10-9+. The highest BCUT2D eigenvalue weighted by Crippen LogP contribution is 2.24. The van der Waals surface area contributed by atoms with Crippen molar-refractivity contribution in [1.29, 1.82) is 0 Å². The summed E-state index contributed by atoms with van der Waals surface area (Å²) < 4.78 is 0. The lowest BCUT2D eigenvalue weighted by Gasteiger charge is -2.17. The van der Waals surface area contributed by atoms with Crippen LogP contribution in [0.25, 0.3) is 0 Å². The van der Waals surface area contributed by atoms with Crippen molar-refractivity contribution in [2.24, 2.45) is 5.92 Å². The smallest absolute Gasteiger partial charge is 0.323 e. The van der Waals surface area contributed by atoms with Crippen LogP contribution in [0.1, 0.15) is 37.7 Å². The van der Waals surface area contributed by atoms with Gasteiger partial charge in [0.1, 0.15) is 5.75 Å². The first-order valence-corrected chi connectivity index (χ1v) is 7.19. The van der Waals surface area contributed by atoms with E-state index in [4.69, 9.17) is 0 Å². The summed E-state index contributed by atoms with van der Waals surface area (Å²) in [5.41, 5.74) is 1.53. The second kappa shape index (κ2) is 6.98. The van der Waals surface area contributed by atoms with Crippen LogP contribution in [0.5, 0.6) is 5.75 Å². The number of carbonyl (C=O) groups is 1. The molecule has 0 atom stereocenters. The van der Waals surface area contributed by atoms with Crippen molar-refractivity contribution in [3.63, 3.8) is 0 Å². The van der Waals surface area contributed by atoms with E-state index in [1.165, 1.54) is 32.1 Å². The van der Waals surface area contributed by atoms with Gasteiger partial charge in [-0.15, -0.1) is 0 Å². The fraction of sp³-hybridized carbons (Fsp3) is 0.438. The third-order valence-electron chi connectivity index (χ3n) is 3.69. The van der Waals surface area contributed by atoms with E-state index in [0.717, 1.165) is 5.56 Å². The molecule has 1 aliphatic rings. The minimum absolute atomic E-state index is 0.200. The van der Waals surface area contributed by atoms with E-state index in [1.54, 1.807) is 24.4 Å². The number of anilines is 1. The molecule has 4 heteroatoms. The summed E-state index contributed by atoms with van der Waals surface area (Å²) in [5, 5.41) is 14.8. The number of phenolic OH excluding ortho intramolecular Hbond substituents is 1. The minimum atomic E-state index is -0.258. The fourth-order valence-corrected chi connectivity index (χ4v) is 2.53. The number of hydrogen-bond acceptors (Lipinski definition) is 2. The average Bonchev–Trinajstić information content (AvgIpc) is 2.43. The Bertz CT molecular complexity index is 491. The van der Waals surface area contributed by atoms with Gasteiger partial charge in [-0.25, -0.2) is 4.79 Å². The number of hydrogen-bond donors (Lipinski definition) is 3. The molecule has 1 aliphatic carbocycles. The molecule has 1 aromatic carbocycles. The maximum atomic E-state index is 11.8. The summed E-state index contributed by atoms with van der Waals surface area (Å²) in [6.45, 7) is 1.84. The number of aryl methyl sites for hydroxylation is 1. The summed E-state index contributed by atoms with van der Waals surface area (Å²) in [5.74, 6) is 0.796. The van der Waals surface area contributed by atoms with Gasteiger partial charge in [-0.05, 0) is 49.4 Å². The van der Waals surface area contributed by atoms with Gasteiger partial charge in [0.15, 0.2) is 0 Å². The first-order valence-electron chi connectivity index (χ1n) is 7.19. The highest BCUT2D eigenvalue weighted by molar-refractivity contribution is 5.90. The zero-order chi connectivity index (χ0) is 14.4. The highest BCUT2D eigenvalue weighted by atomic mass is 16.3. The van der Waals surface area contributed by atoms with Crippen molar-refractivity contribution in [3.05, 3.63) is 36.0 Å². The number of rotatable bonds is 3. The maximum absolute atomic E-state index is 11.8. The number of benzene rings is 1. The Morgan fingerprint density at radius 2 is 2.05 bits per heavy atom. The Balaban J connectivity index is 1.81. The molecular formula is C16H22N2O2. The van der Waals surface area contributed by atoms with Crippen molar-refractivity contribution in [2.75, 3.05) is 5.32 Å². The Morgan fingerprint density at radius 1 is 1.30 bits per heavy atom. The van der Waals surface area contributed by atoms with Gasteiger partial charge >= 0.3 is 6.03 Å². The molecule has 0 aromatic heterocycles. The predicted octanol–water partition coefficient (Wildman–Crippen LogP) is 3.92. The van der Waals surface area contributed by atoms with Crippen molar-refractivity contribution in [3.8, 4) is 5.75 Å². The second-order valence-corrected chi connectivity index (χ2v) is 5.35. The number of amides is 2. The molecule has 2 rings (SSSR count). The van der Waals surface area contributed by atoms with E-state index in [2.05, 4.69) is 16.7 Å². The molecule has 0 heterocycles. The molecule has 0 saturated heterocycles. The molecule has 108 valence electrons. The van der Waals surface area contributed by atoms with Crippen LogP contribution in [0.15, 0.2) is 30.5 Å². The van der Waals surface area contributed by atoms with Crippen LogP contribution in [0.4, 0.5) is 10.5 Å². The van der Waals surface area contributed by atoms with Crippen LogP contribution >= 0.6 is 0 Å². The molecule has 4 nitrogen and oxygen atoms in total. The van der Waals surface area contributed by atoms with E-state index in [1.807, 2.05) is 6.92 Å². The van der Waals surface area contributed by atoms with Gasteiger partial charge < -0.3 is 15.7 Å². The molecule has 3 N–H and O–H groups in total. The Labute approximate surface area is 119 Å². The molecular weight excluding hydrogens is 252 g/mol. The Kier molecular flexibility index (Phi) is 5.04. The first-order chi connectivity index (χ1) is 9.65. The molecule has 0 aliphatic heterocycles. The SMILES string of the molecule is Cc1cc(O)ccc1NC(=O)N/C=C/C1CCCCC1. The van der Waals surface area contributed by atoms with Gasteiger partial charge in [0.25, 0.3) is 0 Å². The van der Waals surface area contributed by atoms with Crippen LogP contribution in [-0.4, -0.2) is 11.1 Å². The lowest BCUT2D eigenvalue weighted by atomic mass is 9.89. The van der Waals surface area contributed by atoms with Crippen molar-refractivity contribution < 1.29 is 9.90 Å². The summed E-state index contributed by atoms with van der Waals surface area (Å²) in [6, 6.07) is 4.61. The summed E-state index contributed by atoms with van der Waals surface area (Å²) in [6.07, 6.45) is 10.2. The van der Waals surface area contributed by atoms with Gasteiger partial charge in [-0.3, -0.25) is 0 Å². The Morgan fingerprint density at radius 3 is 2.75 bits per heavy atom. The predicted molar refractivity (Wildman–Crippen MR) is 80.7 cm³/mol. The number of phenols is 1. The minimum Gasteiger partial charge on any atom is -0.508 e. The molecule has 1 saturated carbocycles. The molecule has 1 fully saturated rings. The fourth-order valence-electron chi connectivity index (χ4n) is 2.53. The highest BCUT2D eigenvalue weighted by Gasteiger charge is 2.10. The quantitative estimate of drug-likeness (QED) is 0.732. The number of allylic oxidation sites excluding steroid dienone is 1. The Hall–Kier alpha value is -1.97. The first kappa shape index (κ1) is 14.4. The third-order valence-corrected chi connectivity index (χ3v) is 3.69. The van der Waals surface area contributed by atoms with Crippen LogP contribution < -0.4 is 10.6 Å². The monoisotopic (exact) mass is 274 g/mol. The van der Waals surface area contributed by atoms with Crippen LogP contribution in [-0.2, 0) is 0 Å². The van der Waals surface area contributed by atoms with Crippen molar-refractivity contribution in [1.82, 2.24) is 5.32 Å². The lowest BCUT2D eigenvalue weighted by Crippen LogP contribution is -2.24. The largest absolute Gasteiger partial charge is 0.508 e. The van der Waals surface area contributed by atoms with E-state index >= 15 is 0 Å². The number of nitrogens with one attached hydrogen (secondary N) is 2. The van der Waals surface area contributed by atoms with Crippen molar-refractivity contribution >= 4 is 11.7 Å². The van der Waals surface area contributed by atoms with Crippen LogP contribution in [0.2, 0.25) is 0 Å². The van der Waals surface area contributed by atoms with Crippen LogP contribution in [0.3, 0.4) is 0 Å². The van der Waals surface area contributed by atoms with E-state index in [0.29, 0.717) is 11.6 Å². The second-order valence-electron chi connectivity index (χ2n) is 5.35. The van der Waals surface area contributed by atoms with Gasteiger partial charge in [-0.1, -0.05) is 25.3 Å². The molecule has 0 bridgehead atoms. The molecule has 0 radical (unpaired) electrons.